The van der Waals surface area contributed by atoms with Crippen LogP contribution in [0.2, 0.25) is 0 Å². The molecule has 8 nitrogen and oxygen atoms in total. The standard InChI is InChI=1S/C18H16FN7O/c19-12-2-1-6-26-15(12)8-14(24-26)17-16-13(21-10-22-16)4-7-25(17)18-20-5-3-11(9-27)23-18/h1-3,5-6,8,10,17,27H,4,7,9H2,(H,21,22)/t17-/m0/s1. The van der Waals surface area contributed by atoms with Gasteiger partial charge < -0.3 is 15.0 Å². The van der Waals surface area contributed by atoms with Crippen LogP contribution in [0.5, 0.6) is 0 Å². The van der Waals surface area contributed by atoms with E-state index in [4.69, 9.17) is 0 Å². The first kappa shape index (κ1) is 15.9. The summed E-state index contributed by atoms with van der Waals surface area (Å²) in [5.41, 5.74) is 3.44. The molecular weight excluding hydrogens is 349 g/mol. The molecule has 0 radical (unpaired) electrons. The maximum atomic E-state index is 14.2. The quantitative estimate of drug-likeness (QED) is 0.573. The highest BCUT2D eigenvalue weighted by molar-refractivity contribution is 5.53. The maximum absolute atomic E-state index is 14.2. The van der Waals surface area contributed by atoms with E-state index in [2.05, 4.69) is 25.0 Å². The summed E-state index contributed by atoms with van der Waals surface area (Å²) in [6.07, 6.45) is 5.74. The van der Waals surface area contributed by atoms with Gasteiger partial charge in [-0.2, -0.15) is 5.10 Å². The number of aromatic amines is 1. The Morgan fingerprint density at radius 3 is 3.07 bits per heavy atom. The Kier molecular flexibility index (Phi) is 3.61. The Labute approximate surface area is 153 Å². The molecule has 27 heavy (non-hydrogen) atoms. The number of fused-ring (bicyclic) bond motifs is 2. The zero-order valence-corrected chi connectivity index (χ0v) is 14.2. The molecule has 0 saturated carbocycles. The Hall–Kier alpha value is -3.33. The molecule has 5 rings (SSSR count). The topological polar surface area (TPSA) is 95.2 Å². The van der Waals surface area contributed by atoms with Gasteiger partial charge in [-0.25, -0.2) is 23.9 Å². The minimum Gasteiger partial charge on any atom is -0.390 e. The second-order valence-corrected chi connectivity index (χ2v) is 6.37. The van der Waals surface area contributed by atoms with Gasteiger partial charge in [-0.05, 0) is 24.3 Å². The van der Waals surface area contributed by atoms with Crippen LogP contribution in [0.4, 0.5) is 10.3 Å². The van der Waals surface area contributed by atoms with Crippen LogP contribution >= 0.6 is 0 Å². The predicted molar refractivity (Wildman–Crippen MR) is 94.6 cm³/mol. The fourth-order valence-electron chi connectivity index (χ4n) is 3.54. The number of nitrogens with one attached hydrogen (secondary N) is 1. The lowest BCUT2D eigenvalue weighted by molar-refractivity contribution is 0.276. The van der Waals surface area contributed by atoms with Crippen LogP contribution in [-0.4, -0.2) is 41.2 Å². The lowest BCUT2D eigenvalue weighted by atomic mass is 10.00. The van der Waals surface area contributed by atoms with E-state index < -0.39 is 0 Å². The third kappa shape index (κ3) is 2.55. The van der Waals surface area contributed by atoms with E-state index in [1.54, 1.807) is 36.9 Å². The van der Waals surface area contributed by atoms with Gasteiger partial charge in [-0.3, -0.25) is 0 Å². The van der Waals surface area contributed by atoms with Crippen LogP contribution in [0.3, 0.4) is 0 Å². The smallest absolute Gasteiger partial charge is 0.226 e. The molecule has 1 aliphatic rings. The molecule has 0 saturated heterocycles. The summed E-state index contributed by atoms with van der Waals surface area (Å²) in [5, 5.41) is 14.0. The van der Waals surface area contributed by atoms with Gasteiger partial charge in [-0.15, -0.1) is 0 Å². The monoisotopic (exact) mass is 365 g/mol. The Morgan fingerprint density at radius 2 is 2.22 bits per heavy atom. The molecule has 0 spiro atoms. The molecule has 2 N–H and O–H groups in total. The number of aromatic nitrogens is 6. The first-order valence-electron chi connectivity index (χ1n) is 8.60. The van der Waals surface area contributed by atoms with Crippen molar-refractivity contribution in [2.75, 3.05) is 11.4 Å². The average molecular weight is 365 g/mol. The number of hydrogen-bond donors (Lipinski definition) is 2. The Morgan fingerprint density at radius 1 is 1.30 bits per heavy atom. The molecule has 4 aromatic heterocycles. The number of rotatable bonds is 3. The van der Waals surface area contributed by atoms with Gasteiger partial charge in [0.05, 0.1) is 30.0 Å². The van der Waals surface area contributed by atoms with Crippen LogP contribution < -0.4 is 4.90 Å². The maximum Gasteiger partial charge on any atom is 0.226 e. The summed E-state index contributed by atoms with van der Waals surface area (Å²) >= 11 is 0. The number of anilines is 1. The average Bonchev–Trinajstić information content (AvgIpc) is 3.34. The van der Waals surface area contributed by atoms with Crippen molar-refractivity contribution in [3.8, 4) is 0 Å². The highest BCUT2D eigenvalue weighted by Gasteiger charge is 2.34. The van der Waals surface area contributed by atoms with E-state index in [-0.39, 0.29) is 18.5 Å². The van der Waals surface area contributed by atoms with Crippen molar-refractivity contribution in [3.05, 3.63) is 71.6 Å². The van der Waals surface area contributed by atoms with Crippen LogP contribution in [0.1, 0.15) is 28.8 Å². The zero-order valence-electron chi connectivity index (χ0n) is 14.2. The number of nitrogens with zero attached hydrogens (tertiary/aromatic N) is 6. The van der Waals surface area contributed by atoms with Crippen molar-refractivity contribution >= 4 is 11.5 Å². The molecule has 0 unspecified atom stereocenters. The summed E-state index contributed by atoms with van der Waals surface area (Å²) < 4.78 is 15.7. The molecule has 1 atom stereocenters. The summed E-state index contributed by atoms with van der Waals surface area (Å²) in [7, 11) is 0. The molecule has 136 valence electrons. The van der Waals surface area contributed by atoms with Crippen molar-refractivity contribution in [1.82, 2.24) is 29.5 Å². The molecule has 1 aliphatic heterocycles. The summed E-state index contributed by atoms with van der Waals surface area (Å²) in [5.74, 6) is 0.150. The van der Waals surface area contributed by atoms with Gasteiger partial charge in [0.2, 0.25) is 5.95 Å². The first-order valence-corrected chi connectivity index (χ1v) is 8.60. The van der Waals surface area contributed by atoms with Crippen LogP contribution in [-0.2, 0) is 13.0 Å². The first-order chi connectivity index (χ1) is 13.2. The number of aliphatic hydroxyl groups excluding tert-OH is 1. The van der Waals surface area contributed by atoms with Gasteiger partial charge in [-0.1, -0.05) is 0 Å². The second kappa shape index (κ2) is 6.13. The summed E-state index contributed by atoms with van der Waals surface area (Å²) in [6, 6.07) is 6.07. The second-order valence-electron chi connectivity index (χ2n) is 6.37. The third-order valence-electron chi connectivity index (χ3n) is 4.79. The van der Waals surface area contributed by atoms with E-state index in [9.17, 15) is 9.50 Å². The van der Waals surface area contributed by atoms with Gasteiger partial charge in [0.25, 0.3) is 0 Å². The molecular formula is C18H16FN7O. The number of halogens is 1. The van der Waals surface area contributed by atoms with E-state index >= 15 is 0 Å². The molecule has 4 aromatic rings. The van der Waals surface area contributed by atoms with E-state index in [0.29, 0.717) is 29.4 Å². The molecule has 0 aromatic carbocycles. The summed E-state index contributed by atoms with van der Waals surface area (Å²) in [6.45, 7) is 0.479. The summed E-state index contributed by atoms with van der Waals surface area (Å²) in [4.78, 5) is 18.4. The molecule has 0 fully saturated rings. The lowest BCUT2D eigenvalue weighted by Gasteiger charge is -2.34. The predicted octanol–water partition coefficient (Wildman–Crippen LogP) is 1.63. The van der Waals surface area contributed by atoms with Gasteiger partial charge in [0.1, 0.15) is 17.4 Å². The van der Waals surface area contributed by atoms with Crippen molar-refractivity contribution < 1.29 is 9.50 Å². The normalized spacial score (nSPS) is 16.7. The van der Waals surface area contributed by atoms with Crippen LogP contribution in [0.15, 0.2) is 43.0 Å². The largest absolute Gasteiger partial charge is 0.390 e. The van der Waals surface area contributed by atoms with Gasteiger partial charge in [0, 0.05) is 31.1 Å². The number of pyridine rings is 1. The lowest BCUT2D eigenvalue weighted by Crippen LogP contribution is -2.37. The van der Waals surface area contributed by atoms with Crippen molar-refractivity contribution in [2.24, 2.45) is 0 Å². The van der Waals surface area contributed by atoms with Crippen LogP contribution in [0, 0.1) is 5.82 Å². The van der Waals surface area contributed by atoms with Gasteiger partial charge >= 0.3 is 0 Å². The number of H-pyrrole nitrogens is 1. The van der Waals surface area contributed by atoms with Crippen molar-refractivity contribution in [1.29, 1.82) is 0 Å². The molecule has 0 amide bonds. The minimum atomic E-state index is -0.353. The Bertz CT molecular complexity index is 1120. The van der Waals surface area contributed by atoms with E-state index in [1.807, 2.05) is 4.90 Å². The van der Waals surface area contributed by atoms with Crippen LogP contribution in [0.25, 0.3) is 5.52 Å². The zero-order chi connectivity index (χ0) is 18.4. The highest BCUT2D eigenvalue weighted by atomic mass is 19.1. The third-order valence-corrected chi connectivity index (χ3v) is 4.79. The van der Waals surface area contributed by atoms with Gasteiger partial charge in [0.15, 0.2) is 0 Å². The number of aliphatic hydroxyl groups is 1. The highest BCUT2D eigenvalue weighted by Crippen LogP contribution is 2.35. The van der Waals surface area contributed by atoms with E-state index in [0.717, 1.165) is 17.8 Å². The number of imidazole rings is 1. The van der Waals surface area contributed by atoms with Crippen molar-refractivity contribution in [2.45, 2.75) is 19.1 Å². The Balaban J connectivity index is 1.67. The minimum absolute atomic E-state index is 0.165. The molecule has 9 heteroatoms. The molecule has 0 bridgehead atoms. The fraction of sp³-hybridized carbons (Fsp3) is 0.222. The molecule has 5 heterocycles. The SMILES string of the molecule is OCc1ccnc(N2CCc3[nH]cnc3[C@@H]2c2cc3c(F)cccn3n2)n1. The molecule has 0 aliphatic carbocycles. The van der Waals surface area contributed by atoms with Crippen molar-refractivity contribution in [3.63, 3.8) is 0 Å². The fourth-order valence-corrected chi connectivity index (χ4v) is 3.54. The number of hydrogen-bond acceptors (Lipinski definition) is 6. The van der Waals surface area contributed by atoms with E-state index in [1.165, 1.54) is 10.6 Å².